The number of nitrogens with one attached hydrogen (secondary N) is 2. The number of aromatic nitrogens is 1. The van der Waals surface area contributed by atoms with Gasteiger partial charge in [-0.2, -0.15) is 0 Å². The second kappa shape index (κ2) is 9.21. The number of methoxy groups -OCH3 is 1. The molecular weight excluding hydrogens is 394 g/mol. The van der Waals surface area contributed by atoms with E-state index in [0.29, 0.717) is 30.5 Å². The van der Waals surface area contributed by atoms with Gasteiger partial charge in [0.15, 0.2) is 0 Å². The van der Waals surface area contributed by atoms with Crippen molar-refractivity contribution >= 4 is 17.0 Å². The predicted molar refractivity (Wildman–Crippen MR) is 117 cm³/mol. The lowest BCUT2D eigenvalue weighted by Gasteiger charge is -2.09. The molecule has 0 atom stereocenters. The van der Waals surface area contributed by atoms with Crippen molar-refractivity contribution in [2.75, 3.05) is 7.11 Å². The average Bonchev–Trinajstić information content (AvgIpc) is 3.13. The van der Waals surface area contributed by atoms with Gasteiger partial charge in [-0.15, -0.1) is 0 Å². The topological polar surface area (TPSA) is 85.6 Å². The summed E-state index contributed by atoms with van der Waals surface area (Å²) in [5, 5.41) is 6.70. The molecule has 0 aliphatic rings. The fourth-order valence-electron chi connectivity index (χ4n) is 3.16. The van der Waals surface area contributed by atoms with Gasteiger partial charge in [-0.25, -0.2) is 9.78 Å². The third kappa shape index (κ3) is 4.95. The van der Waals surface area contributed by atoms with Crippen LogP contribution in [0, 0.1) is 6.92 Å². The SMILES string of the molecule is COc1cccc(Oc2ccc(CNC(=O)NCc3oc4ccccc4c3C)cn2)c1. The summed E-state index contributed by atoms with van der Waals surface area (Å²) >= 11 is 0. The number of nitrogens with zero attached hydrogens (tertiary/aromatic N) is 1. The lowest BCUT2D eigenvalue weighted by molar-refractivity contribution is 0.239. The predicted octanol–water partition coefficient (Wildman–Crippen LogP) is 4.94. The second-order valence-corrected chi connectivity index (χ2v) is 6.97. The fraction of sp³-hybridized carbons (Fsp3) is 0.167. The largest absolute Gasteiger partial charge is 0.497 e. The lowest BCUT2D eigenvalue weighted by Crippen LogP contribution is -2.34. The molecule has 0 radical (unpaired) electrons. The van der Waals surface area contributed by atoms with Crippen LogP contribution in [0.1, 0.15) is 16.9 Å². The average molecular weight is 417 g/mol. The number of urea groups is 1. The quantitative estimate of drug-likeness (QED) is 0.445. The molecule has 0 aliphatic heterocycles. The number of furan rings is 1. The first-order chi connectivity index (χ1) is 15.1. The normalized spacial score (nSPS) is 10.6. The van der Waals surface area contributed by atoms with E-state index in [1.165, 1.54) is 0 Å². The van der Waals surface area contributed by atoms with Gasteiger partial charge in [-0.1, -0.05) is 30.3 Å². The number of rotatable bonds is 7. The Bertz CT molecular complexity index is 1190. The molecule has 7 heteroatoms. The van der Waals surface area contributed by atoms with E-state index in [4.69, 9.17) is 13.9 Å². The van der Waals surface area contributed by atoms with E-state index in [0.717, 1.165) is 27.9 Å². The number of ether oxygens (including phenoxy) is 2. The number of pyridine rings is 1. The van der Waals surface area contributed by atoms with Crippen LogP contribution in [-0.4, -0.2) is 18.1 Å². The van der Waals surface area contributed by atoms with E-state index in [1.807, 2.05) is 55.5 Å². The van der Waals surface area contributed by atoms with E-state index in [2.05, 4.69) is 15.6 Å². The first kappa shape index (κ1) is 20.3. The molecule has 2 aromatic carbocycles. The molecule has 0 spiro atoms. The summed E-state index contributed by atoms with van der Waals surface area (Å²) in [7, 11) is 1.60. The molecule has 0 fully saturated rings. The Morgan fingerprint density at radius 2 is 1.81 bits per heavy atom. The number of hydrogen-bond donors (Lipinski definition) is 2. The molecule has 0 unspecified atom stereocenters. The van der Waals surface area contributed by atoms with Crippen molar-refractivity contribution in [1.82, 2.24) is 15.6 Å². The number of amides is 2. The van der Waals surface area contributed by atoms with Gasteiger partial charge in [-0.05, 0) is 30.7 Å². The molecule has 4 aromatic rings. The van der Waals surface area contributed by atoms with Crippen LogP contribution >= 0.6 is 0 Å². The molecule has 31 heavy (non-hydrogen) atoms. The highest BCUT2D eigenvalue weighted by Crippen LogP contribution is 2.25. The molecule has 158 valence electrons. The van der Waals surface area contributed by atoms with Crippen molar-refractivity contribution in [2.24, 2.45) is 0 Å². The standard InChI is InChI=1S/C24H23N3O4/c1-16-20-8-3-4-9-21(20)31-22(16)15-27-24(28)26-14-17-10-11-23(25-13-17)30-19-7-5-6-18(12-19)29-2/h3-13H,14-15H2,1-2H3,(H2,26,27,28). The first-order valence-corrected chi connectivity index (χ1v) is 9.88. The number of fused-ring (bicyclic) bond motifs is 1. The summed E-state index contributed by atoms with van der Waals surface area (Å²) in [6.45, 7) is 2.65. The Labute approximate surface area is 180 Å². The van der Waals surface area contributed by atoms with E-state index in [-0.39, 0.29) is 6.03 Å². The molecule has 0 saturated heterocycles. The minimum Gasteiger partial charge on any atom is -0.497 e. The van der Waals surface area contributed by atoms with Crippen molar-refractivity contribution in [1.29, 1.82) is 0 Å². The molecule has 0 aliphatic carbocycles. The summed E-state index contributed by atoms with van der Waals surface area (Å²) in [6, 6.07) is 18.4. The van der Waals surface area contributed by atoms with Gasteiger partial charge < -0.3 is 24.5 Å². The summed E-state index contributed by atoms with van der Waals surface area (Å²) < 4.78 is 16.7. The third-order valence-electron chi connectivity index (χ3n) is 4.87. The molecule has 2 N–H and O–H groups in total. The van der Waals surface area contributed by atoms with Gasteiger partial charge in [0.1, 0.15) is 22.8 Å². The molecule has 2 heterocycles. The van der Waals surface area contributed by atoms with Crippen LogP contribution in [0.5, 0.6) is 17.4 Å². The summed E-state index contributed by atoms with van der Waals surface area (Å²) in [4.78, 5) is 16.5. The van der Waals surface area contributed by atoms with Crippen LogP contribution in [-0.2, 0) is 13.1 Å². The van der Waals surface area contributed by atoms with Crippen LogP contribution in [0.25, 0.3) is 11.0 Å². The van der Waals surface area contributed by atoms with Gasteiger partial charge >= 0.3 is 6.03 Å². The van der Waals surface area contributed by atoms with Crippen molar-refractivity contribution in [2.45, 2.75) is 20.0 Å². The van der Waals surface area contributed by atoms with Crippen LogP contribution in [0.15, 0.2) is 71.3 Å². The highest BCUT2D eigenvalue weighted by molar-refractivity contribution is 5.82. The highest BCUT2D eigenvalue weighted by atomic mass is 16.5. The van der Waals surface area contributed by atoms with Gasteiger partial charge in [0, 0.05) is 35.8 Å². The van der Waals surface area contributed by atoms with Crippen molar-refractivity contribution < 1.29 is 18.7 Å². The number of para-hydroxylation sites is 1. The maximum Gasteiger partial charge on any atom is 0.315 e. The van der Waals surface area contributed by atoms with E-state index < -0.39 is 0 Å². The molecule has 4 rings (SSSR count). The first-order valence-electron chi connectivity index (χ1n) is 9.88. The molecule has 7 nitrogen and oxygen atoms in total. The van der Waals surface area contributed by atoms with Crippen molar-refractivity contribution in [3.05, 3.63) is 83.7 Å². The van der Waals surface area contributed by atoms with Crippen molar-refractivity contribution in [3.63, 3.8) is 0 Å². The minimum absolute atomic E-state index is 0.281. The molecule has 0 saturated carbocycles. The zero-order valence-electron chi connectivity index (χ0n) is 17.3. The molecular formula is C24H23N3O4. The molecule has 2 aromatic heterocycles. The smallest absolute Gasteiger partial charge is 0.315 e. The van der Waals surface area contributed by atoms with Gasteiger partial charge in [0.25, 0.3) is 0 Å². The van der Waals surface area contributed by atoms with Crippen molar-refractivity contribution in [3.8, 4) is 17.4 Å². The summed E-state index contributed by atoms with van der Waals surface area (Å²) in [5.41, 5.74) is 2.71. The number of carbonyl (C=O) groups excluding carboxylic acids is 1. The van der Waals surface area contributed by atoms with E-state index >= 15 is 0 Å². The zero-order valence-corrected chi connectivity index (χ0v) is 17.3. The molecule has 2 amide bonds. The van der Waals surface area contributed by atoms with Gasteiger partial charge in [0.05, 0.1) is 13.7 Å². The summed E-state index contributed by atoms with van der Waals surface area (Å²) in [5.74, 6) is 2.55. The second-order valence-electron chi connectivity index (χ2n) is 6.97. The zero-order chi connectivity index (χ0) is 21.6. The lowest BCUT2D eigenvalue weighted by atomic mass is 10.1. The minimum atomic E-state index is -0.281. The van der Waals surface area contributed by atoms with E-state index in [1.54, 1.807) is 25.4 Å². The van der Waals surface area contributed by atoms with Gasteiger partial charge in [0.2, 0.25) is 5.88 Å². The van der Waals surface area contributed by atoms with Crippen LogP contribution in [0.3, 0.4) is 0 Å². The Hall–Kier alpha value is -4.00. The third-order valence-corrected chi connectivity index (χ3v) is 4.87. The number of aryl methyl sites for hydroxylation is 1. The number of hydrogen-bond acceptors (Lipinski definition) is 5. The Balaban J connectivity index is 1.27. The maximum atomic E-state index is 12.2. The highest BCUT2D eigenvalue weighted by Gasteiger charge is 2.11. The number of carbonyl (C=O) groups is 1. The molecule has 0 bridgehead atoms. The Morgan fingerprint density at radius 3 is 2.58 bits per heavy atom. The number of benzene rings is 2. The van der Waals surface area contributed by atoms with E-state index in [9.17, 15) is 4.79 Å². The van der Waals surface area contributed by atoms with Crippen LogP contribution in [0.4, 0.5) is 4.79 Å². The Morgan fingerprint density at radius 1 is 1.00 bits per heavy atom. The maximum absolute atomic E-state index is 12.2. The summed E-state index contributed by atoms with van der Waals surface area (Å²) in [6.07, 6.45) is 1.67. The van der Waals surface area contributed by atoms with Crippen LogP contribution < -0.4 is 20.1 Å². The monoisotopic (exact) mass is 417 g/mol. The fourth-order valence-corrected chi connectivity index (χ4v) is 3.16. The van der Waals surface area contributed by atoms with Crippen LogP contribution in [0.2, 0.25) is 0 Å². The van der Waals surface area contributed by atoms with Gasteiger partial charge in [-0.3, -0.25) is 0 Å². The Kier molecular flexibility index (Phi) is 6.03.